The third kappa shape index (κ3) is 6.18. The van der Waals surface area contributed by atoms with Crippen LogP contribution in [0.15, 0.2) is 24.3 Å². The van der Waals surface area contributed by atoms with Crippen molar-refractivity contribution >= 4 is 20.6 Å². The smallest absolute Gasteiger partial charge is 0.410 e. The van der Waals surface area contributed by atoms with E-state index in [2.05, 4.69) is 5.32 Å². The molecule has 1 rings (SSSR count). The van der Waals surface area contributed by atoms with Crippen LogP contribution < -0.4 is 15.0 Å². The molecule has 0 aromatic heterocycles. The third-order valence-corrected chi connectivity index (χ3v) is 6.24. The van der Waals surface area contributed by atoms with E-state index in [1.807, 2.05) is 31.1 Å². The average Bonchev–Trinajstić information content (AvgIpc) is 2.56. The summed E-state index contributed by atoms with van der Waals surface area (Å²) in [5.41, 5.74) is 0.964. The molecule has 1 aromatic carbocycles. The van der Waals surface area contributed by atoms with Gasteiger partial charge in [0.25, 0.3) is 0 Å². The lowest BCUT2D eigenvalue weighted by atomic mass is 10.3. The molecule has 1 amide bonds. The van der Waals surface area contributed by atoms with E-state index in [0.717, 1.165) is 5.69 Å². The van der Waals surface area contributed by atoms with E-state index >= 15 is 0 Å². The number of hydrogen-bond acceptors (Lipinski definition) is 6. The fourth-order valence-corrected chi connectivity index (χ4v) is 3.74. The molecule has 0 saturated heterocycles. The van der Waals surface area contributed by atoms with Gasteiger partial charge in [-0.05, 0) is 18.6 Å². The Morgan fingerprint density at radius 1 is 1.17 bits per heavy atom. The van der Waals surface area contributed by atoms with Gasteiger partial charge in [-0.1, -0.05) is 6.07 Å². The molecule has 0 aliphatic carbocycles. The molecule has 1 N–H and O–H groups in total. The summed E-state index contributed by atoms with van der Waals surface area (Å²) in [6.07, 6.45) is 0.189. The molecule has 0 atom stereocenters. The van der Waals surface area contributed by atoms with Gasteiger partial charge < -0.3 is 28.2 Å². The second-order valence-electron chi connectivity index (χ2n) is 5.11. The molecule has 0 aliphatic rings. The van der Waals surface area contributed by atoms with E-state index in [0.29, 0.717) is 24.8 Å². The maximum absolute atomic E-state index is 11.8. The summed E-state index contributed by atoms with van der Waals surface area (Å²) in [5.74, 6) is 0.503. The molecule has 0 fully saturated rings. The minimum absolute atomic E-state index is 0.455. The van der Waals surface area contributed by atoms with Gasteiger partial charge >= 0.3 is 14.9 Å². The molecule has 0 unspecified atom stereocenters. The van der Waals surface area contributed by atoms with E-state index in [1.165, 1.54) is 0 Å². The Morgan fingerprint density at radius 2 is 1.83 bits per heavy atom. The van der Waals surface area contributed by atoms with Gasteiger partial charge in [-0.15, -0.1) is 0 Å². The van der Waals surface area contributed by atoms with E-state index in [9.17, 15) is 4.79 Å². The molecular weight excluding hydrogens is 316 g/mol. The minimum atomic E-state index is -2.58. The molecule has 130 valence electrons. The van der Waals surface area contributed by atoms with Crippen LogP contribution in [-0.4, -0.2) is 56.9 Å². The van der Waals surface area contributed by atoms with Crippen LogP contribution >= 0.6 is 0 Å². The molecule has 0 saturated carbocycles. The van der Waals surface area contributed by atoms with Crippen LogP contribution in [0, 0.1) is 0 Å². The predicted octanol–water partition coefficient (Wildman–Crippen LogP) is 2.11. The SMILES string of the molecule is CO[Si](CCCNC(=O)Oc1cccc(N(C)C)c1)(OC)OC. The zero-order valence-corrected chi connectivity index (χ0v) is 15.4. The van der Waals surface area contributed by atoms with Crippen LogP contribution in [0.2, 0.25) is 6.04 Å². The highest BCUT2D eigenvalue weighted by atomic mass is 28.4. The number of ether oxygens (including phenoxy) is 1. The maximum Gasteiger partial charge on any atom is 0.500 e. The van der Waals surface area contributed by atoms with E-state index in [4.69, 9.17) is 18.0 Å². The monoisotopic (exact) mass is 342 g/mol. The summed E-state index contributed by atoms with van der Waals surface area (Å²) in [5, 5.41) is 2.71. The Labute approximate surface area is 138 Å². The van der Waals surface area contributed by atoms with Gasteiger partial charge in [0, 0.05) is 59.8 Å². The summed E-state index contributed by atoms with van der Waals surface area (Å²) in [6, 6.07) is 7.94. The molecule has 0 radical (unpaired) electrons. The van der Waals surface area contributed by atoms with Crippen molar-refractivity contribution in [3.63, 3.8) is 0 Å². The van der Waals surface area contributed by atoms with E-state index < -0.39 is 14.9 Å². The molecule has 0 aliphatic heterocycles. The summed E-state index contributed by atoms with van der Waals surface area (Å²) in [4.78, 5) is 13.7. The van der Waals surface area contributed by atoms with Crippen molar-refractivity contribution in [1.29, 1.82) is 0 Å². The van der Waals surface area contributed by atoms with Gasteiger partial charge in [0.2, 0.25) is 0 Å². The van der Waals surface area contributed by atoms with Crippen molar-refractivity contribution in [3.8, 4) is 5.75 Å². The fourth-order valence-electron chi connectivity index (χ4n) is 2.02. The first-order valence-corrected chi connectivity index (χ1v) is 9.28. The Kier molecular flexibility index (Phi) is 8.03. The zero-order valence-electron chi connectivity index (χ0n) is 14.4. The minimum Gasteiger partial charge on any atom is -0.410 e. The number of benzene rings is 1. The number of hydrogen-bond donors (Lipinski definition) is 1. The summed E-state index contributed by atoms with van der Waals surface area (Å²) < 4.78 is 21.2. The first-order chi connectivity index (χ1) is 11.0. The lowest BCUT2D eigenvalue weighted by molar-refractivity contribution is 0.123. The lowest BCUT2D eigenvalue weighted by Crippen LogP contribution is -2.43. The van der Waals surface area contributed by atoms with Gasteiger partial charge in [0.15, 0.2) is 0 Å². The quantitative estimate of drug-likeness (QED) is 0.547. The van der Waals surface area contributed by atoms with Crippen LogP contribution in [0.3, 0.4) is 0 Å². The summed E-state index contributed by atoms with van der Waals surface area (Å²) in [7, 11) is 5.98. The number of carbonyl (C=O) groups is 1. The Morgan fingerprint density at radius 3 is 2.39 bits per heavy atom. The highest BCUT2D eigenvalue weighted by Crippen LogP contribution is 2.19. The van der Waals surface area contributed by atoms with Crippen molar-refractivity contribution < 1.29 is 22.8 Å². The second kappa shape index (κ2) is 9.51. The van der Waals surface area contributed by atoms with Gasteiger partial charge in [-0.2, -0.15) is 0 Å². The predicted molar refractivity (Wildman–Crippen MR) is 91.0 cm³/mol. The van der Waals surface area contributed by atoms with E-state index in [-0.39, 0.29) is 0 Å². The van der Waals surface area contributed by atoms with Crippen LogP contribution in [0.25, 0.3) is 0 Å². The lowest BCUT2D eigenvalue weighted by Gasteiger charge is -2.24. The number of amides is 1. The van der Waals surface area contributed by atoms with Gasteiger partial charge in [0.1, 0.15) is 5.75 Å². The van der Waals surface area contributed by atoms with Crippen molar-refractivity contribution in [2.75, 3.05) is 46.9 Å². The topological polar surface area (TPSA) is 69.3 Å². The molecule has 8 heteroatoms. The van der Waals surface area contributed by atoms with Crippen LogP contribution in [0.4, 0.5) is 10.5 Å². The third-order valence-electron chi connectivity index (χ3n) is 3.41. The van der Waals surface area contributed by atoms with Crippen molar-refractivity contribution in [2.45, 2.75) is 12.5 Å². The van der Waals surface area contributed by atoms with Gasteiger partial charge in [0.05, 0.1) is 0 Å². The van der Waals surface area contributed by atoms with Crippen LogP contribution in [-0.2, 0) is 13.3 Å². The first-order valence-electron chi connectivity index (χ1n) is 7.35. The molecule has 7 nitrogen and oxygen atoms in total. The van der Waals surface area contributed by atoms with Crippen LogP contribution in [0.5, 0.6) is 5.75 Å². The standard InChI is InChI=1S/C15H26N2O5Si/c1-17(2)13-8-6-9-14(12-13)22-15(18)16-10-7-11-23(19-3,20-4)21-5/h6,8-9,12H,7,10-11H2,1-5H3,(H,16,18). The number of carbonyl (C=O) groups excluding carboxylic acids is 1. The number of rotatable bonds is 9. The number of nitrogens with one attached hydrogen (secondary N) is 1. The van der Waals surface area contributed by atoms with Crippen molar-refractivity contribution in [1.82, 2.24) is 5.32 Å². The van der Waals surface area contributed by atoms with Crippen molar-refractivity contribution in [3.05, 3.63) is 24.3 Å². The first kappa shape index (κ1) is 19.4. The molecule has 23 heavy (non-hydrogen) atoms. The summed E-state index contributed by atoms with van der Waals surface area (Å²) in [6.45, 7) is 0.455. The molecular formula is C15H26N2O5Si. The Bertz CT molecular complexity index is 486. The number of anilines is 1. The van der Waals surface area contributed by atoms with Gasteiger partial charge in [-0.25, -0.2) is 4.79 Å². The normalized spacial score (nSPS) is 11.2. The highest BCUT2D eigenvalue weighted by molar-refractivity contribution is 6.60. The Hall–Kier alpha value is -1.61. The summed E-state index contributed by atoms with van der Waals surface area (Å²) >= 11 is 0. The molecule has 0 spiro atoms. The number of nitrogens with zero attached hydrogens (tertiary/aromatic N) is 1. The highest BCUT2D eigenvalue weighted by Gasteiger charge is 2.36. The fraction of sp³-hybridized carbons (Fsp3) is 0.533. The zero-order chi connectivity index (χ0) is 17.3. The molecule has 0 bridgehead atoms. The molecule has 1 aromatic rings. The van der Waals surface area contributed by atoms with E-state index in [1.54, 1.807) is 33.5 Å². The van der Waals surface area contributed by atoms with Gasteiger partial charge in [-0.3, -0.25) is 0 Å². The average molecular weight is 342 g/mol. The van der Waals surface area contributed by atoms with Crippen LogP contribution in [0.1, 0.15) is 6.42 Å². The Balaban J connectivity index is 2.39. The maximum atomic E-state index is 11.8. The molecule has 0 heterocycles. The largest absolute Gasteiger partial charge is 0.500 e. The second-order valence-corrected chi connectivity index (χ2v) is 8.20. The van der Waals surface area contributed by atoms with Crippen molar-refractivity contribution in [2.24, 2.45) is 0 Å².